The normalized spacial score (nSPS) is 16.6. The quantitative estimate of drug-likeness (QED) is 0.708. The first-order valence-electron chi connectivity index (χ1n) is 7.65. The monoisotopic (exact) mass is 415 g/mol. The Kier molecular flexibility index (Phi) is 5.57. The van der Waals surface area contributed by atoms with Crippen LogP contribution in [0, 0.1) is 6.92 Å². The molecule has 0 fully saturated rings. The molecule has 0 saturated carbocycles. The molecule has 0 unspecified atom stereocenters. The van der Waals surface area contributed by atoms with Gasteiger partial charge in [-0.2, -0.15) is 4.31 Å². The van der Waals surface area contributed by atoms with Gasteiger partial charge in [0.15, 0.2) is 4.75 Å². The molecule has 0 atom stereocenters. The molecule has 0 amide bonds. The number of hydrogen-bond acceptors (Lipinski definition) is 4. The van der Waals surface area contributed by atoms with Crippen molar-refractivity contribution in [1.29, 1.82) is 0 Å². The number of nitrogens with zero attached hydrogens (tertiary/aromatic N) is 1. The minimum Gasteiger partial charge on any atom is -0.468 e. The Labute approximate surface area is 151 Å². The summed E-state index contributed by atoms with van der Waals surface area (Å²) in [5.41, 5.74) is 3.35. The molecule has 24 heavy (non-hydrogen) atoms. The zero-order valence-corrected chi connectivity index (χ0v) is 16.7. The molecule has 1 aliphatic rings. The smallest absolute Gasteiger partial charge is 0.328 e. The van der Waals surface area contributed by atoms with Crippen molar-refractivity contribution >= 4 is 37.5 Å². The maximum Gasteiger partial charge on any atom is 0.328 e. The number of benzene rings is 1. The summed E-state index contributed by atoms with van der Waals surface area (Å²) in [5, 5.41) is 0. The number of sulfonamides is 1. The first kappa shape index (κ1) is 19.1. The van der Waals surface area contributed by atoms with Crippen LogP contribution in [0.3, 0.4) is 0 Å². The Morgan fingerprint density at radius 2 is 2.00 bits per heavy atom. The third kappa shape index (κ3) is 3.43. The molecule has 0 radical (unpaired) electrons. The third-order valence-electron chi connectivity index (χ3n) is 4.36. The highest BCUT2D eigenvalue weighted by Crippen LogP contribution is 2.30. The van der Waals surface area contributed by atoms with E-state index >= 15 is 0 Å². The van der Waals surface area contributed by atoms with Crippen LogP contribution in [0.4, 0.5) is 0 Å². The highest BCUT2D eigenvalue weighted by molar-refractivity contribution is 9.10. The second kappa shape index (κ2) is 6.98. The van der Waals surface area contributed by atoms with Gasteiger partial charge in [0, 0.05) is 17.6 Å². The van der Waals surface area contributed by atoms with Crippen LogP contribution in [0.15, 0.2) is 28.7 Å². The molecule has 2 rings (SSSR count). The van der Waals surface area contributed by atoms with Crippen LogP contribution >= 0.6 is 15.9 Å². The van der Waals surface area contributed by atoms with Gasteiger partial charge in [0.05, 0.1) is 7.11 Å². The molecule has 0 bridgehead atoms. The van der Waals surface area contributed by atoms with Gasteiger partial charge in [0.1, 0.15) is 0 Å². The van der Waals surface area contributed by atoms with Gasteiger partial charge in [0.25, 0.3) is 0 Å². The van der Waals surface area contributed by atoms with Gasteiger partial charge in [-0.3, -0.25) is 4.79 Å². The number of carbonyl (C=O) groups excluding carboxylic acids is 1. The summed E-state index contributed by atoms with van der Waals surface area (Å²) in [6.45, 7) is 5.39. The van der Waals surface area contributed by atoms with Gasteiger partial charge >= 0.3 is 5.97 Å². The molecule has 0 aliphatic carbocycles. The Morgan fingerprint density at radius 1 is 1.33 bits per heavy atom. The average molecular weight is 416 g/mol. The van der Waals surface area contributed by atoms with Crippen LogP contribution in [0.5, 0.6) is 0 Å². The lowest BCUT2D eigenvalue weighted by Crippen LogP contribution is -2.51. The van der Waals surface area contributed by atoms with E-state index in [0.29, 0.717) is 13.0 Å². The number of esters is 1. The topological polar surface area (TPSA) is 63.7 Å². The molecule has 0 aromatic heterocycles. The Morgan fingerprint density at radius 3 is 2.50 bits per heavy atom. The summed E-state index contributed by atoms with van der Waals surface area (Å²) in [7, 11) is -2.59. The third-order valence-corrected chi connectivity index (χ3v) is 7.72. The highest BCUT2D eigenvalue weighted by atomic mass is 79.9. The summed E-state index contributed by atoms with van der Waals surface area (Å²) in [4.78, 5) is 11.8. The Bertz CT molecular complexity index is 784. The number of hydrogen-bond donors (Lipinski definition) is 0. The maximum absolute atomic E-state index is 12.7. The van der Waals surface area contributed by atoms with Gasteiger partial charge < -0.3 is 4.74 Å². The molecule has 0 spiro atoms. The van der Waals surface area contributed by atoms with E-state index in [1.807, 2.05) is 25.1 Å². The summed E-state index contributed by atoms with van der Waals surface area (Å²) in [6.07, 6.45) is 2.52. The first-order chi connectivity index (χ1) is 11.1. The highest BCUT2D eigenvalue weighted by Gasteiger charge is 2.46. The van der Waals surface area contributed by atoms with Gasteiger partial charge in [-0.15, -0.1) is 0 Å². The van der Waals surface area contributed by atoms with Crippen molar-refractivity contribution in [3.8, 4) is 0 Å². The van der Waals surface area contributed by atoms with E-state index in [0.717, 1.165) is 21.2 Å². The van der Waals surface area contributed by atoms with Crippen molar-refractivity contribution in [3.05, 3.63) is 39.9 Å². The SMILES string of the molecule is COC(=O)C(C)(C)S(=O)(=O)N1CC=C(c2ccc(Br)c(C)c2)CC1. The molecule has 1 aromatic carbocycles. The van der Waals surface area contributed by atoms with E-state index in [9.17, 15) is 13.2 Å². The Balaban J connectivity index is 2.23. The standard InChI is InChI=1S/C17H22BrNO4S/c1-12-11-14(5-6-15(12)18)13-7-9-19(10-8-13)24(21,22)17(2,3)16(20)23-4/h5-7,11H,8-10H2,1-4H3. The summed E-state index contributed by atoms with van der Waals surface area (Å²) in [6, 6.07) is 6.10. The maximum atomic E-state index is 12.7. The number of aryl methyl sites for hydroxylation is 1. The second-order valence-corrected chi connectivity index (χ2v) is 9.65. The summed E-state index contributed by atoms with van der Waals surface area (Å²) >= 11 is 3.48. The molecule has 1 aromatic rings. The predicted octanol–water partition coefficient (Wildman–Crippen LogP) is 3.13. The van der Waals surface area contributed by atoms with Crippen LogP contribution in [0.1, 0.15) is 31.4 Å². The van der Waals surface area contributed by atoms with E-state index in [1.54, 1.807) is 0 Å². The molecule has 0 N–H and O–H groups in total. The summed E-state index contributed by atoms with van der Waals surface area (Å²) in [5.74, 6) is -0.749. The van der Waals surface area contributed by atoms with Crippen LogP contribution in [-0.2, 0) is 19.6 Å². The molecule has 1 heterocycles. The number of methoxy groups -OCH3 is 1. The number of carbonyl (C=O) groups is 1. The van der Waals surface area contributed by atoms with E-state index in [1.165, 1.54) is 25.3 Å². The van der Waals surface area contributed by atoms with Crippen LogP contribution < -0.4 is 0 Å². The fourth-order valence-corrected chi connectivity index (χ4v) is 4.44. The molecule has 1 aliphatic heterocycles. The van der Waals surface area contributed by atoms with Crippen LogP contribution in [0.2, 0.25) is 0 Å². The van der Waals surface area contributed by atoms with E-state index < -0.39 is 20.7 Å². The second-order valence-electron chi connectivity index (χ2n) is 6.31. The zero-order chi connectivity index (χ0) is 18.1. The van der Waals surface area contributed by atoms with Gasteiger partial charge in [-0.1, -0.05) is 34.1 Å². The molecule has 132 valence electrons. The average Bonchev–Trinajstić information content (AvgIpc) is 2.56. The molecule has 7 heteroatoms. The number of rotatable bonds is 4. The van der Waals surface area contributed by atoms with Crippen molar-refractivity contribution in [2.24, 2.45) is 0 Å². The molecular weight excluding hydrogens is 394 g/mol. The van der Waals surface area contributed by atoms with E-state index in [-0.39, 0.29) is 6.54 Å². The fourth-order valence-electron chi connectivity index (χ4n) is 2.65. The van der Waals surface area contributed by atoms with Gasteiger partial charge in [0.2, 0.25) is 10.0 Å². The minimum absolute atomic E-state index is 0.257. The van der Waals surface area contributed by atoms with Crippen molar-refractivity contribution in [3.63, 3.8) is 0 Å². The van der Waals surface area contributed by atoms with E-state index in [2.05, 4.69) is 26.7 Å². The number of ether oxygens (including phenoxy) is 1. The lowest BCUT2D eigenvalue weighted by atomic mass is 9.99. The number of halogens is 1. The van der Waals surface area contributed by atoms with Crippen molar-refractivity contribution in [1.82, 2.24) is 4.31 Å². The van der Waals surface area contributed by atoms with Gasteiger partial charge in [-0.05, 0) is 50.0 Å². The van der Waals surface area contributed by atoms with Crippen LogP contribution in [-0.4, -0.2) is 43.6 Å². The van der Waals surface area contributed by atoms with E-state index in [4.69, 9.17) is 0 Å². The molecule has 5 nitrogen and oxygen atoms in total. The zero-order valence-electron chi connectivity index (χ0n) is 14.3. The first-order valence-corrected chi connectivity index (χ1v) is 9.88. The van der Waals surface area contributed by atoms with Crippen molar-refractivity contribution in [2.75, 3.05) is 20.2 Å². The molecular formula is C17H22BrNO4S. The fraction of sp³-hybridized carbons (Fsp3) is 0.471. The lowest BCUT2D eigenvalue weighted by molar-refractivity contribution is -0.142. The predicted molar refractivity (Wildman–Crippen MR) is 98.1 cm³/mol. The van der Waals surface area contributed by atoms with Crippen molar-refractivity contribution < 1.29 is 17.9 Å². The largest absolute Gasteiger partial charge is 0.468 e. The lowest BCUT2D eigenvalue weighted by Gasteiger charge is -2.32. The van der Waals surface area contributed by atoms with Crippen LogP contribution in [0.25, 0.3) is 5.57 Å². The summed E-state index contributed by atoms with van der Waals surface area (Å²) < 4.78 is 30.9. The van der Waals surface area contributed by atoms with Gasteiger partial charge in [-0.25, -0.2) is 8.42 Å². The Hall–Kier alpha value is -1.18. The minimum atomic E-state index is -3.79. The molecule has 0 saturated heterocycles. The van der Waals surface area contributed by atoms with Crippen molar-refractivity contribution in [2.45, 2.75) is 31.9 Å².